The van der Waals surface area contributed by atoms with Crippen molar-refractivity contribution in [1.82, 2.24) is 40.4 Å². The number of rotatable bonds is 13. The van der Waals surface area contributed by atoms with Crippen LogP contribution in [0.4, 0.5) is 21.0 Å². The van der Waals surface area contributed by atoms with E-state index in [0.717, 1.165) is 104 Å². The zero-order chi connectivity index (χ0) is 50.9. The molecule has 4 N–H and O–H groups in total. The standard InChI is InChI=1S/C57H72N10O6/c1-34(2)50(62-56(70)72-5)54(68)65-28-10-14-48(65)52-58-42-22-16-38(32-44(42)60-52)46-24-25-47(67(46)41-20-18-40(19-21-41)64-30-26-37(27-31-64)36-12-8-7-9-13-36)39-17-23-43-45(33-39)61-53(59-43)49-15-11-29-66(49)55(69)51(35(3)4)63-57(71)73-6/h7-9,12-13,16,18-23,32-35,37,39,46-51H,10-11,14-15,17,24-31H2,1-6H3,(H,58,60)(H,59,61)(H,62,70)(H,63,71)/t39?,46-,47-,48+,49+,50+,51+/m1/s1. The average molecular weight is 993 g/mol. The molecule has 0 bridgehead atoms. The summed E-state index contributed by atoms with van der Waals surface area (Å²) < 4.78 is 9.73. The number of piperidine rings is 1. The van der Waals surface area contributed by atoms with Gasteiger partial charge in [0.2, 0.25) is 11.8 Å². The second-order valence-corrected chi connectivity index (χ2v) is 21.4. The molecule has 3 aromatic carbocycles. The molecule has 6 heterocycles. The summed E-state index contributed by atoms with van der Waals surface area (Å²) in [6.07, 6.45) is 11.7. The van der Waals surface area contributed by atoms with E-state index in [1.54, 1.807) is 0 Å². The number of fused-ring (bicyclic) bond motifs is 2. The van der Waals surface area contributed by atoms with Gasteiger partial charge in [-0.15, -0.1) is 0 Å². The van der Waals surface area contributed by atoms with Crippen LogP contribution in [0.15, 0.2) is 72.8 Å². The van der Waals surface area contributed by atoms with Crippen molar-refractivity contribution in [2.45, 2.75) is 128 Å². The van der Waals surface area contributed by atoms with Crippen molar-refractivity contribution < 1.29 is 28.7 Å². The zero-order valence-corrected chi connectivity index (χ0v) is 43.2. The van der Waals surface area contributed by atoms with Crippen molar-refractivity contribution >= 4 is 58.6 Å². The average Bonchev–Trinajstić information content (AvgIpc) is 4.28. The van der Waals surface area contributed by atoms with Gasteiger partial charge < -0.3 is 49.7 Å². The number of nitrogens with one attached hydrogen (secondary N) is 4. The summed E-state index contributed by atoms with van der Waals surface area (Å²) in [5.41, 5.74) is 6.84. The maximum atomic E-state index is 14.0. The first-order valence-electron chi connectivity index (χ1n) is 26.6. The highest BCUT2D eigenvalue weighted by Crippen LogP contribution is 2.45. The van der Waals surface area contributed by atoms with E-state index in [1.807, 2.05) is 37.5 Å². The predicted octanol–water partition coefficient (Wildman–Crippen LogP) is 7.75. The van der Waals surface area contributed by atoms with Crippen molar-refractivity contribution in [3.8, 4) is 0 Å². The van der Waals surface area contributed by atoms with Crippen LogP contribution >= 0.6 is 0 Å². The summed E-state index contributed by atoms with van der Waals surface area (Å²) in [4.78, 5) is 79.0. The molecule has 0 saturated carbocycles. The number of amides is 4. The van der Waals surface area contributed by atoms with E-state index in [9.17, 15) is 19.2 Å². The number of methoxy groups -OCH3 is 2. The van der Waals surface area contributed by atoms with E-state index in [4.69, 9.17) is 19.4 Å². The van der Waals surface area contributed by atoms with Gasteiger partial charge in [-0.2, -0.15) is 0 Å². The maximum Gasteiger partial charge on any atom is 0.407 e. The number of hydrogen-bond donors (Lipinski definition) is 4. The molecule has 7 atom stereocenters. The predicted molar refractivity (Wildman–Crippen MR) is 282 cm³/mol. The third kappa shape index (κ3) is 10.1. The smallest absolute Gasteiger partial charge is 0.407 e. The number of benzene rings is 3. The summed E-state index contributed by atoms with van der Waals surface area (Å²) >= 11 is 0. The van der Waals surface area contributed by atoms with E-state index in [0.29, 0.717) is 19.0 Å². The molecule has 0 spiro atoms. The van der Waals surface area contributed by atoms with E-state index >= 15 is 0 Å². The van der Waals surface area contributed by atoms with Gasteiger partial charge in [-0.3, -0.25) is 9.59 Å². The Morgan fingerprint density at radius 2 is 1.25 bits per heavy atom. The van der Waals surface area contributed by atoms with Crippen molar-refractivity contribution in [1.29, 1.82) is 0 Å². The number of alkyl carbamates (subject to hydrolysis) is 2. The van der Waals surface area contributed by atoms with Crippen LogP contribution in [0.3, 0.4) is 0 Å². The lowest BCUT2D eigenvalue weighted by atomic mass is 9.89. The number of carbonyl (C=O) groups excluding carboxylic acids is 4. The van der Waals surface area contributed by atoms with Crippen molar-refractivity contribution in [2.24, 2.45) is 17.8 Å². The number of carbonyl (C=O) groups is 4. The van der Waals surface area contributed by atoms with Crippen LogP contribution in [-0.2, 0) is 19.1 Å². The SMILES string of the molecule is COC(=O)N[C@H](C(=O)N1CCC[C@H]1c1nc2c([nH]1)=CCC([C@H]1CC[C@H](c3ccc4[nH]c([C@@H]5CCCN5C(=O)[C@@H](NC(=O)OC)C(C)C)nc4c3)N1c1ccc(N3CCC(c4ccccc4)CC3)cc1)C=2)C(C)C. The molecule has 4 amide bonds. The molecule has 4 saturated heterocycles. The van der Waals surface area contributed by atoms with Crippen LogP contribution in [0.5, 0.6) is 0 Å². The maximum absolute atomic E-state index is 14.0. The van der Waals surface area contributed by atoms with Crippen LogP contribution in [0.2, 0.25) is 0 Å². The molecule has 0 radical (unpaired) electrons. The fourth-order valence-electron chi connectivity index (χ4n) is 12.4. The lowest BCUT2D eigenvalue weighted by Gasteiger charge is -2.37. The van der Waals surface area contributed by atoms with Crippen LogP contribution in [0, 0.1) is 17.8 Å². The van der Waals surface area contributed by atoms with Crippen LogP contribution in [-0.4, -0.2) is 112 Å². The second-order valence-electron chi connectivity index (χ2n) is 21.4. The van der Waals surface area contributed by atoms with E-state index in [2.05, 4.69) is 115 Å². The van der Waals surface area contributed by atoms with Gasteiger partial charge in [-0.05, 0) is 123 Å². The summed E-state index contributed by atoms with van der Waals surface area (Å²) in [6, 6.07) is 25.2. The number of ether oxygens (including phenoxy) is 2. The Bertz CT molecular complexity index is 2910. The molecular formula is C57H72N10O6. The number of aromatic amines is 2. The Labute approximate surface area is 428 Å². The van der Waals surface area contributed by atoms with Crippen molar-refractivity contribution in [3.05, 3.63) is 106 Å². The normalized spacial score (nSPS) is 23.0. The summed E-state index contributed by atoms with van der Waals surface area (Å²) in [7, 11) is 2.62. The Morgan fingerprint density at radius 3 is 1.85 bits per heavy atom. The number of aromatic nitrogens is 4. The first-order valence-corrected chi connectivity index (χ1v) is 26.6. The summed E-state index contributed by atoms with van der Waals surface area (Å²) in [6.45, 7) is 10.9. The zero-order valence-electron chi connectivity index (χ0n) is 43.2. The highest BCUT2D eigenvalue weighted by molar-refractivity contribution is 5.87. The van der Waals surface area contributed by atoms with Gasteiger partial charge in [0.15, 0.2) is 0 Å². The quantitative estimate of drug-likeness (QED) is 0.0911. The largest absolute Gasteiger partial charge is 0.453 e. The second kappa shape index (κ2) is 21.3. The minimum absolute atomic E-state index is 0.0814. The number of hydrogen-bond acceptors (Lipinski definition) is 10. The fourth-order valence-corrected chi connectivity index (χ4v) is 12.4. The molecule has 10 rings (SSSR count). The Hall–Kier alpha value is -6.84. The number of likely N-dealkylation sites (tertiary alicyclic amines) is 2. The highest BCUT2D eigenvalue weighted by atomic mass is 16.5. The van der Waals surface area contributed by atoms with E-state index < -0.39 is 24.3 Å². The van der Waals surface area contributed by atoms with E-state index in [-0.39, 0.29) is 53.7 Å². The monoisotopic (exact) mass is 993 g/mol. The summed E-state index contributed by atoms with van der Waals surface area (Å²) in [5, 5.41) is 7.43. The molecule has 73 heavy (non-hydrogen) atoms. The first-order chi connectivity index (χ1) is 35.4. The minimum atomic E-state index is -0.707. The Balaban J connectivity index is 0.928. The topological polar surface area (TPSA) is 181 Å². The molecule has 1 unspecified atom stereocenters. The molecule has 4 fully saturated rings. The van der Waals surface area contributed by atoms with Gasteiger partial charge in [0.25, 0.3) is 0 Å². The molecule has 16 nitrogen and oxygen atoms in total. The van der Waals surface area contributed by atoms with E-state index in [1.165, 1.54) is 36.7 Å². The highest BCUT2D eigenvalue weighted by Gasteiger charge is 2.42. The molecule has 5 aromatic rings. The Kier molecular flexibility index (Phi) is 14.5. The van der Waals surface area contributed by atoms with Gasteiger partial charge in [-0.1, -0.05) is 76.2 Å². The molecule has 1 aliphatic carbocycles. The fraction of sp³-hybridized carbons (Fsp3) is 0.509. The number of H-pyrrole nitrogens is 2. The van der Waals surface area contributed by atoms with Crippen molar-refractivity contribution in [3.63, 3.8) is 0 Å². The van der Waals surface area contributed by atoms with Gasteiger partial charge in [0, 0.05) is 49.5 Å². The van der Waals surface area contributed by atoms with Gasteiger partial charge >= 0.3 is 12.2 Å². The third-order valence-corrected chi connectivity index (χ3v) is 16.3. The van der Waals surface area contributed by atoms with Crippen molar-refractivity contribution in [2.75, 3.05) is 50.2 Å². The van der Waals surface area contributed by atoms with Crippen LogP contribution in [0.1, 0.15) is 132 Å². The number of imidazole rings is 2. The molecule has 386 valence electrons. The van der Waals surface area contributed by atoms with Crippen LogP contribution in [0.25, 0.3) is 23.2 Å². The third-order valence-electron chi connectivity index (χ3n) is 16.3. The molecule has 5 aliphatic rings. The first kappa shape index (κ1) is 49.7. The van der Waals surface area contributed by atoms with Gasteiger partial charge in [-0.25, -0.2) is 19.6 Å². The molecule has 2 aromatic heterocycles. The van der Waals surface area contributed by atoms with Gasteiger partial charge in [0.05, 0.1) is 54.1 Å². The van der Waals surface area contributed by atoms with Gasteiger partial charge in [0.1, 0.15) is 23.7 Å². The summed E-state index contributed by atoms with van der Waals surface area (Å²) in [5.74, 6) is 1.81. The Morgan fingerprint density at radius 1 is 0.644 bits per heavy atom. The molecule has 16 heteroatoms. The number of nitrogens with zero attached hydrogens (tertiary/aromatic N) is 6. The molecule has 4 aliphatic heterocycles. The minimum Gasteiger partial charge on any atom is -0.453 e. The number of anilines is 2. The van der Waals surface area contributed by atoms with Crippen LogP contribution < -0.4 is 31.1 Å². The molecular weight excluding hydrogens is 921 g/mol. The lowest BCUT2D eigenvalue weighted by Crippen LogP contribution is -2.51. The lowest BCUT2D eigenvalue weighted by molar-refractivity contribution is -0.136.